The highest BCUT2D eigenvalue weighted by Gasteiger charge is 2.32. The molecule has 0 aromatic heterocycles. The molecule has 0 spiro atoms. The lowest BCUT2D eigenvalue weighted by atomic mass is 10.1. The Morgan fingerprint density at radius 2 is 2.00 bits per heavy atom. The van der Waals surface area contributed by atoms with Crippen LogP contribution in [-0.2, 0) is 19.1 Å². The van der Waals surface area contributed by atoms with Crippen molar-refractivity contribution >= 4 is 17.8 Å². The first kappa shape index (κ1) is 8.68. The SMILES string of the molecule is CC1=C/C(=C2/CC(=N)OC2=O)C(=O)O1. The Morgan fingerprint density at radius 1 is 1.29 bits per heavy atom. The number of carbonyl (C=O) groups is 2. The number of allylic oxidation sites excluding steroid dienone is 1. The summed E-state index contributed by atoms with van der Waals surface area (Å²) in [5.74, 6) is -0.871. The molecule has 0 aromatic carbocycles. The first-order chi connectivity index (χ1) is 6.58. The molecule has 1 fully saturated rings. The van der Waals surface area contributed by atoms with Crippen LogP contribution in [-0.4, -0.2) is 17.8 Å². The van der Waals surface area contributed by atoms with Crippen LogP contribution in [0.2, 0.25) is 0 Å². The summed E-state index contributed by atoms with van der Waals surface area (Å²) in [7, 11) is 0. The highest BCUT2D eigenvalue weighted by atomic mass is 16.6. The van der Waals surface area contributed by atoms with Crippen LogP contribution in [0.25, 0.3) is 0 Å². The topological polar surface area (TPSA) is 76.5 Å². The minimum absolute atomic E-state index is 0.0625. The summed E-state index contributed by atoms with van der Waals surface area (Å²) in [5, 5.41) is 7.14. The van der Waals surface area contributed by atoms with E-state index in [9.17, 15) is 9.59 Å². The van der Waals surface area contributed by atoms with Crippen molar-refractivity contribution in [1.29, 1.82) is 5.41 Å². The monoisotopic (exact) mass is 193 g/mol. The standard InChI is InChI=1S/C9H7NO4/c1-4-2-5(8(11)13-4)6-3-7(10)14-9(6)12/h2,10H,3H2,1H3/b6-5+,10-7?. The first-order valence-corrected chi connectivity index (χ1v) is 4.01. The van der Waals surface area contributed by atoms with E-state index < -0.39 is 11.9 Å². The molecule has 14 heavy (non-hydrogen) atoms. The molecule has 0 unspecified atom stereocenters. The highest BCUT2D eigenvalue weighted by Crippen LogP contribution is 2.26. The van der Waals surface area contributed by atoms with Gasteiger partial charge in [-0.15, -0.1) is 0 Å². The third-order valence-electron chi connectivity index (χ3n) is 1.95. The maximum Gasteiger partial charge on any atom is 0.343 e. The van der Waals surface area contributed by atoms with Gasteiger partial charge >= 0.3 is 11.9 Å². The van der Waals surface area contributed by atoms with Gasteiger partial charge in [0.2, 0.25) is 0 Å². The minimum atomic E-state index is -0.632. The van der Waals surface area contributed by atoms with E-state index in [1.807, 2.05) is 0 Å². The zero-order chi connectivity index (χ0) is 10.3. The quantitative estimate of drug-likeness (QED) is 0.453. The highest BCUT2D eigenvalue weighted by molar-refractivity contribution is 6.12. The van der Waals surface area contributed by atoms with Crippen molar-refractivity contribution in [2.24, 2.45) is 0 Å². The summed E-state index contributed by atoms with van der Waals surface area (Å²) in [4.78, 5) is 22.4. The van der Waals surface area contributed by atoms with Crippen molar-refractivity contribution in [1.82, 2.24) is 0 Å². The molecule has 0 saturated carbocycles. The minimum Gasteiger partial charge on any atom is -0.428 e. The van der Waals surface area contributed by atoms with Crippen molar-refractivity contribution in [2.75, 3.05) is 0 Å². The molecule has 0 aliphatic carbocycles. The van der Waals surface area contributed by atoms with E-state index in [4.69, 9.17) is 10.1 Å². The molecule has 0 amide bonds. The number of nitrogens with one attached hydrogen (secondary N) is 1. The Bertz CT molecular complexity index is 417. The van der Waals surface area contributed by atoms with Crippen LogP contribution in [0.4, 0.5) is 0 Å². The molecule has 0 atom stereocenters. The molecule has 1 N–H and O–H groups in total. The van der Waals surface area contributed by atoms with Gasteiger partial charge in [0, 0.05) is 0 Å². The van der Waals surface area contributed by atoms with Gasteiger partial charge in [-0.05, 0) is 13.0 Å². The van der Waals surface area contributed by atoms with Crippen molar-refractivity contribution in [3.05, 3.63) is 23.0 Å². The smallest absolute Gasteiger partial charge is 0.343 e. The molecule has 2 aliphatic heterocycles. The number of cyclic esters (lactones) is 2. The molecule has 1 saturated heterocycles. The van der Waals surface area contributed by atoms with Gasteiger partial charge in [-0.25, -0.2) is 9.59 Å². The van der Waals surface area contributed by atoms with Gasteiger partial charge in [0.1, 0.15) is 5.76 Å². The summed E-state index contributed by atoms with van der Waals surface area (Å²) >= 11 is 0. The van der Waals surface area contributed by atoms with Crippen LogP contribution in [0.3, 0.4) is 0 Å². The number of hydrogen-bond acceptors (Lipinski definition) is 5. The number of carbonyl (C=O) groups excluding carboxylic acids is 2. The third-order valence-corrected chi connectivity index (χ3v) is 1.95. The largest absolute Gasteiger partial charge is 0.428 e. The Kier molecular flexibility index (Phi) is 1.73. The van der Waals surface area contributed by atoms with Crippen LogP contribution in [0.15, 0.2) is 23.0 Å². The number of esters is 2. The van der Waals surface area contributed by atoms with Crippen molar-refractivity contribution in [3.63, 3.8) is 0 Å². The fraction of sp³-hybridized carbons (Fsp3) is 0.222. The molecule has 2 aliphatic rings. The van der Waals surface area contributed by atoms with E-state index in [-0.39, 0.29) is 23.5 Å². The fourth-order valence-corrected chi connectivity index (χ4v) is 1.35. The second-order valence-electron chi connectivity index (χ2n) is 3.03. The van der Waals surface area contributed by atoms with E-state index in [2.05, 4.69) is 4.74 Å². The Labute approximate surface area is 79.5 Å². The molecular weight excluding hydrogens is 186 g/mol. The van der Waals surface area contributed by atoms with E-state index in [1.165, 1.54) is 6.08 Å². The Balaban J connectivity index is 2.46. The van der Waals surface area contributed by atoms with E-state index in [0.29, 0.717) is 5.76 Å². The number of ether oxygens (including phenoxy) is 2. The Morgan fingerprint density at radius 3 is 2.43 bits per heavy atom. The van der Waals surface area contributed by atoms with Crippen LogP contribution >= 0.6 is 0 Å². The lowest BCUT2D eigenvalue weighted by Gasteiger charge is -1.94. The lowest BCUT2D eigenvalue weighted by Crippen LogP contribution is -2.04. The van der Waals surface area contributed by atoms with Crippen LogP contribution in [0, 0.1) is 5.41 Å². The average molecular weight is 193 g/mol. The van der Waals surface area contributed by atoms with Crippen molar-refractivity contribution in [3.8, 4) is 0 Å². The lowest BCUT2D eigenvalue weighted by molar-refractivity contribution is -0.134. The molecule has 5 nitrogen and oxygen atoms in total. The van der Waals surface area contributed by atoms with Crippen LogP contribution in [0.1, 0.15) is 13.3 Å². The molecular formula is C9H7NO4. The van der Waals surface area contributed by atoms with Gasteiger partial charge in [0.15, 0.2) is 5.90 Å². The second-order valence-corrected chi connectivity index (χ2v) is 3.03. The number of hydrogen-bond donors (Lipinski definition) is 1. The predicted molar refractivity (Wildman–Crippen MR) is 45.3 cm³/mol. The van der Waals surface area contributed by atoms with Crippen molar-refractivity contribution in [2.45, 2.75) is 13.3 Å². The molecule has 0 radical (unpaired) electrons. The average Bonchev–Trinajstić information content (AvgIpc) is 2.55. The van der Waals surface area contributed by atoms with E-state index in [1.54, 1.807) is 6.92 Å². The zero-order valence-corrected chi connectivity index (χ0v) is 7.42. The first-order valence-electron chi connectivity index (χ1n) is 4.01. The molecule has 2 rings (SSSR count). The normalized spacial score (nSPS) is 26.4. The summed E-state index contributed by atoms with van der Waals surface area (Å²) in [6.45, 7) is 1.62. The summed E-state index contributed by atoms with van der Waals surface area (Å²) in [5.41, 5.74) is 0.409. The zero-order valence-electron chi connectivity index (χ0n) is 7.42. The molecule has 5 heteroatoms. The summed E-state index contributed by atoms with van der Waals surface area (Å²) < 4.78 is 9.28. The van der Waals surface area contributed by atoms with Crippen molar-refractivity contribution < 1.29 is 19.1 Å². The summed E-state index contributed by atoms with van der Waals surface area (Å²) in [6, 6.07) is 0. The van der Waals surface area contributed by atoms with Gasteiger partial charge < -0.3 is 9.47 Å². The summed E-state index contributed by atoms with van der Waals surface area (Å²) in [6.07, 6.45) is 1.55. The van der Waals surface area contributed by atoms with Gasteiger partial charge in [-0.3, -0.25) is 5.41 Å². The molecule has 72 valence electrons. The third kappa shape index (κ3) is 1.22. The van der Waals surface area contributed by atoms with E-state index >= 15 is 0 Å². The second kappa shape index (κ2) is 2.80. The molecule has 2 heterocycles. The van der Waals surface area contributed by atoms with E-state index in [0.717, 1.165) is 0 Å². The Hall–Kier alpha value is -1.91. The maximum atomic E-state index is 11.2. The van der Waals surface area contributed by atoms with Gasteiger partial charge in [0.05, 0.1) is 17.6 Å². The maximum absolute atomic E-state index is 11.2. The van der Waals surface area contributed by atoms with Crippen LogP contribution < -0.4 is 0 Å². The fourth-order valence-electron chi connectivity index (χ4n) is 1.35. The molecule has 0 aromatic rings. The van der Waals surface area contributed by atoms with Crippen LogP contribution in [0.5, 0.6) is 0 Å². The molecule has 0 bridgehead atoms. The number of rotatable bonds is 0. The van der Waals surface area contributed by atoms with Gasteiger partial charge in [-0.1, -0.05) is 0 Å². The van der Waals surface area contributed by atoms with Gasteiger partial charge in [-0.2, -0.15) is 0 Å². The predicted octanol–water partition coefficient (Wildman–Crippen LogP) is 0.668. The van der Waals surface area contributed by atoms with Gasteiger partial charge in [0.25, 0.3) is 0 Å².